The summed E-state index contributed by atoms with van der Waals surface area (Å²) in [5.74, 6) is -2.42. The molecule has 1 aliphatic rings. The number of thiazole rings is 1. The Kier molecular flexibility index (Phi) is 7.26. The van der Waals surface area contributed by atoms with Gasteiger partial charge in [-0.1, -0.05) is 11.3 Å². The summed E-state index contributed by atoms with van der Waals surface area (Å²) in [6, 6.07) is 8.90. The van der Waals surface area contributed by atoms with Crippen molar-refractivity contribution in [3.63, 3.8) is 0 Å². The monoisotopic (exact) mass is 537 g/mol. The quantitative estimate of drug-likeness (QED) is 0.115. The summed E-state index contributed by atoms with van der Waals surface area (Å²) >= 11 is 0.872. The highest BCUT2D eigenvalue weighted by atomic mass is 32.1. The van der Waals surface area contributed by atoms with Crippen LogP contribution in [0.3, 0.4) is 0 Å². The zero-order chi connectivity index (χ0) is 27.7. The van der Waals surface area contributed by atoms with Crippen LogP contribution in [0.1, 0.15) is 45.0 Å². The first-order chi connectivity index (χ1) is 18.1. The van der Waals surface area contributed by atoms with Crippen molar-refractivity contribution >= 4 is 45.6 Å². The number of methoxy groups -OCH3 is 1. The standard InChI is InChI=1S/C26H23N3O8S/c1-5-37-25(33)23-14(3)27-26(38-23)28-20(15-6-9-17(10-7-15)29(34)35)19(22(31)24(28)32)21(30)16-8-11-18(36-4)13(2)12-16/h6-12,20,30H,5H2,1-4H3/t20-/m0/s1. The van der Waals surface area contributed by atoms with Crippen molar-refractivity contribution in [1.29, 1.82) is 0 Å². The number of carbonyl (C=O) groups excluding carboxylic acids is 3. The average Bonchev–Trinajstić information content (AvgIpc) is 3.40. The van der Waals surface area contributed by atoms with E-state index in [4.69, 9.17) is 9.47 Å². The fourth-order valence-electron chi connectivity index (χ4n) is 4.18. The Morgan fingerprint density at radius 1 is 1.18 bits per heavy atom. The first-order valence-electron chi connectivity index (χ1n) is 11.4. The molecule has 2 heterocycles. The first kappa shape index (κ1) is 26.5. The molecule has 1 N–H and O–H groups in total. The van der Waals surface area contributed by atoms with Gasteiger partial charge in [0.15, 0.2) is 5.13 Å². The predicted octanol–water partition coefficient (Wildman–Crippen LogP) is 4.48. The van der Waals surface area contributed by atoms with E-state index in [-0.39, 0.29) is 33.4 Å². The Morgan fingerprint density at radius 3 is 2.45 bits per heavy atom. The van der Waals surface area contributed by atoms with Gasteiger partial charge in [0, 0.05) is 17.7 Å². The van der Waals surface area contributed by atoms with Crippen LogP contribution in [0.5, 0.6) is 5.75 Å². The second kappa shape index (κ2) is 10.4. The predicted molar refractivity (Wildman–Crippen MR) is 138 cm³/mol. The zero-order valence-electron chi connectivity index (χ0n) is 20.9. The lowest BCUT2D eigenvalue weighted by Gasteiger charge is -2.23. The van der Waals surface area contributed by atoms with E-state index in [1.165, 1.54) is 31.4 Å². The third-order valence-electron chi connectivity index (χ3n) is 5.98. The number of carbonyl (C=O) groups is 3. The summed E-state index contributed by atoms with van der Waals surface area (Å²) in [5.41, 5.74) is 1.18. The number of ketones is 1. The summed E-state index contributed by atoms with van der Waals surface area (Å²) in [7, 11) is 1.50. The molecule has 196 valence electrons. The molecular weight excluding hydrogens is 514 g/mol. The van der Waals surface area contributed by atoms with Crippen molar-refractivity contribution in [3.05, 3.63) is 85.4 Å². The molecule has 11 nitrogen and oxygen atoms in total. The van der Waals surface area contributed by atoms with E-state index in [0.29, 0.717) is 22.6 Å². The summed E-state index contributed by atoms with van der Waals surface area (Å²) in [6.07, 6.45) is 0. The van der Waals surface area contributed by atoms with Crippen molar-refractivity contribution in [1.82, 2.24) is 4.98 Å². The molecular formula is C26H23N3O8S. The molecule has 2 aromatic carbocycles. The van der Waals surface area contributed by atoms with Gasteiger partial charge in [-0.3, -0.25) is 24.6 Å². The number of hydrogen-bond donors (Lipinski definition) is 1. The molecule has 0 radical (unpaired) electrons. The maximum absolute atomic E-state index is 13.3. The number of amides is 1. The van der Waals surface area contributed by atoms with E-state index in [9.17, 15) is 29.6 Å². The molecule has 3 aromatic rings. The number of benzene rings is 2. The van der Waals surface area contributed by atoms with Crippen LogP contribution in [0.2, 0.25) is 0 Å². The summed E-state index contributed by atoms with van der Waals surface area (Å²) in [6.45, 7) is 5.13. The van der Waals surface area contributed by atoms with E-state index in [1.807, 2.05) is 0 Å². The van der Waals surface area contributed by atoms with Gasteiger partial charge in [-0.05, 0) is 62.2 Å². The van der Waals surface area contributed by atoms with Crippen molar-refractivity contribution < 1.29 is 33.9 Å². The van der Waals surface area contributed by atoms with E-state index in [1.54, 1.807) is 39.0 Å². The molecule has 0 saturated carbocycles. The molecule has 0 spiro atoms. The number of non-ortho nitro benzene ring substituents is 1. The Morgan fingerprint density at radius 2 is 1.87 bits per heavy atom. The lowest BCUT2D eigenvalue weighted by atomic mass is 9.94. The van der Waals surface area contributed by atoms with Gasteiger partial charge in [0.1, 0.15) is 16.4 Å². The van der Waals surface area contributed by atoms with Crippen LogP contribution < -0.4 is 9.64 Å². The topological polar surface area (TPSA) is 149 Å². The molecule has 38 heavy (non-hydrogen) atoms. The summed E-state index contributed by atoms with van der Waals surface area (Å²) < 4.78 is 10.3. The molecule has 1 atom stereocenters. The molecule has 0 bridgehead atoms. The number of aromatic nitrogens is 1. The number of Topliss-reactive ketones (excluding diaryl/α,β-unsaturated/α-hetero) is 1. The molecule has 12 heteroatoms. The normalized spacial score (nSPS) is 16.5. The van der Waals surface area contributed by atoms with Crippen LogP contribution in [0.25, 0.3) is 5.76 Å². The SMILES string of the molecule is CCOC(=O)c1sc(N2C(=O)C(=O)C(=C(O)c3ccc(OC)c(C)c3)[C@@H]2c2ccc([N+](=O)[O-])cc2)nc1C. The van der Waals surface area contributed by atoms with Gasteiger partial charge in [-0.2, -0.15) is 0 Å². The number of nitro benzene ring substituents is 1. The molecule has 4 rings (SSSR count). The largest absolute Gasteiger partial charge is 0.507 e. The van der Waals surface area contributed by atoms with E-state index < -0.39 is 34.4 Å². The number of aliphatic hydroxyl groups excluding tert-OH is 1. The third kappa shape index (κ3) is 4.61. The number of anilines is 1. The number of ether oxygens (including phenoxy) is 2. The van der Waals surface area contributed by atoms with Crippen LogP contribution in [0.15, 0.2) is 48.0 Å². The van der Waals surface area contributed by atoms with Gasteiger partial charge >= 0.3 is 11.9 Å². The Hall–Kier alpha value is -4.58. The number of aliphatic hydroxyl groups is 1. The highest BCUT2D eigenvalue weighted by Crippen LogP contribution is 2.44. The number of nitrogens with zero attached hydrogens (tertiary/aromatic N) is 3. The fourth-order valence-corrected chi connectivity index (χ4v) is 5.16. The minimum absolute atomic E-state index is 0.0426. The van der Waals surface area contributed by atoms with Gasteiger partial charge in [0.05, 0.1) is 35.9 Å². The van der Waals surface area contributed by atoms with Crippen LogP contribution in [0, 0.1) is 24.0 Å². The van der Waals surface area contributed by atoms with Gasteiger partial charge in [-0.15, -0.1) is 0 Å². The maximum Gasteiger partial charge on any atom is 0.350 e. The number of rotatable bonds is 7. The maximum atomic E-state index is 13.3. The van der Waals surface area contributed by atoms with Crippen LogP contribution in [-0.2, 0) is 14.3 Å². The van der Waals surface area contributed by atoms with Crippen molar-refractivity contribution in [2.75, 3.05) is 18.6 Å². The van der Waals surface area contributed by atoms with Gasteiger partial charge in [0.25, 0.3) is 11.5 Å². The van der Waals surface area contributed by atoms with Crippen molar-refractivity contribution in [2.45, 2.75) is 26.8 Å². The van der Waals surface area contributed by atoms with Gasteiger partial charge < -0.3 is 14.6 Å². The molecule has 1 saturated heterocycles. The van der Waals surface area contributed by atoms with E-state index in [2.05, 4.69) is 4.98 Å². The van der Waals surface area contributed by atoms with E-state index >= 15 is 0 Å². The molecule has 0 unspecified atom stereocenters. The van der Waals surface area contributed by atoms with Crippen molar-refractivity contribution in [3.8, 4) is 5.75 Å². The summed E-state index contributed by atoms with van der Waals surface area (Å²) in [4.78, 5) is 55.3. The highest BCUT2D eigenvalue weighted by Gasteiger charge is 2.48. The lowest BCUT2D eigenvalue weighted by Crippen LogP contribution is -2.29. The second-order valence-corrected chi connectivity index (χ2v) is 9.31. The lowest BCUT2D eigenvalue weighted by molar-refractivity contribution is -0.384. The number of aryl methyl sites for hydroxylation is 2. The van der Waals surface area contributed by atoms with E-state index in [0.717, 1.165) is 16.2 Å². The Labute approximate surface area is 221 Å². The smallest absolute Gasteiger partial charge is 0.350 e. The highest BCUT2D eigenvalue weighted by molar-refractivity contribution is 7.17. The molecule has 1 amide bonds. The number of hydrogen-bond acceptors (Lipinski definition) is 10. The van der Waals surface area contributed by atoms with Gasteiger partial charge in [0.2, 0.25) is 0 Å². The Balaban J connectivity index is 1.92. The van der Waals surface area contributed by atoms with Crippen molar-refractivity contribution in [2.24, 2.45) is 0 Å². The van der Waals surface area contributed by atoms with Crippen LogP contribution >= 0.6 is 11.3 Å². The first-order valence-corrected chi connectivity index (χ1v) is 12.3. The molecule has 0 aliphatic carbocycles. The van der Waals surface area contributed by atoms with Crippen LogP contribution in [-0.4, -0.2) is 46.4 Å². The number of nitro groups is 1. The zero-order valence-corrected chi connectivity index (χ0v) is 21.7. The third-order valence-corrected chi connectivity index (χ3v) is 7.12. The van der Waals surface area contributed by atoms with Crippen LogP contribution in [0.4, 0.5) is 10.8 Å². The summed E-state index contributed by atoms with van der Waals surface area (Å²) in [5, 5.41) is 22.5. The minimum atomic E-state index is -1.17. The molecule has 1 fully saturated rings. The fraction of sp³-hybridized carbons (Fsp3) is 0.231. The second-order valence-electron chi connectivity index (χ2n) is 8.33. The average molecular weight is 538 g/mol. The Bertz CT molecular complexity index is 1490. The number of esters is 1. The minimum Gasteiger partial charge on any atom is -0.507 e. The molecule has 1 aliphatic heterocycles. The molecule has 1 aromatic heterocycles. The van der Waals surface area contributed by atoms with Gasteiger partial charge in [-0.25, -0.2) is 9.78 Å².